The zero-order valence-electron chi connectivity index (χ0n) is 12.7. The number of nitrogens with zero attached hydrogens (tertiary/aromatic N) is 3. The highest BCUT2D eigenvalue weighted by Gasteiger charge is 2.20. The van der Waals surface area contributed by atoms with Crippen LogP contribution in [-0.2, 0) is 5.41 Å². The normalized spacial score (nSPS) is 11.9. The number of aromatic amines is 1. The van der Waals surface area contributed by atoms with Crippen LogP contribution in [0.1, 0.15) is 32.0 Å². The minimum Gasteiger partial charge on any atom is -0.506 e. The van der Waals surface area contributed by atoms with Gasteiger partial charge in [-0.05, 0) is 49.6 Å². The van der Waals surface area contributed by atoms with Gasteiger partial charge in [0.15, 0.2) is 0 Å². The summed E-state index contributed by atoms with van der Waals surface area (Å²) >= 11 is 6.48. The van der Waals surface area contributed by atoms with Crippen LogP contribution < -0.4 is 11.0 Å². The first-order valence-electron chi connectivity index (χ1n) is 6.63. The maximum absolute atomic E-state index is 12.0. The molecule has 0 spiro atoms. The Bertz CT molecular complexity index is 789. The molecule has 0 aliphatic heterocycles. The lowest BCUT2D eigenvalue weighted by Crippen LogP contribution is -2.28. The second-order valence-electron chi connectivity index (χ2n) is 5.80. The summed E-state index contributed by atoms with van der Waals surface area (Å²) in [6.07, 6.45) is 1.52. The molecule has 122 valence electrons. The molecule has 1 aromatic carbocycles. The highest BCUT2D eigenvalue weighted by Crippen LogP contribution is 2.32. The van der Waals surface area contributed by atoms with Gasteiger partial charge in [-0.25, -0.2) is 5.43 Å². The quantitative estimate of drug-likeness (QED) is 0.498. The Morgan fingerprint density at radius 3 is 2.39 bits per heavy atom. The lowest BCUT2D eigenvalue weighted by atomic mass is 9.93. The third-order valence-electron chi connectivity index (χ3n) is 2.83. The number of hydrazone groups is 1. The minimum atomic E-state index is -0.382. The summed E-state index contributed by atoms with van der Waals surface area (Å²) in [6, 6.07) is 3.39. The van der Waals surface area contributed by atoms with Gasteiger partial charge in [-0.1, -0.05) is 20.8 Å². The van der Waals surface area contributed by atoms with Gasteiger partial charge in [-0.15, -0.1) is 10.2 Å². The number of phenols is 1. The van der Waals surface area contributed by atoms with Crippen molar-refractivity contribution in [3.8, 4) is 5.75 Å². The fourth-order valence-electron chi connectivity index (χ4n) is 1.71. The molecule has 0 radical (unpaired) electrons. The number of aromatic nitrogens is 3. The van der Waals surface area contributed by atoms with E-state index in [1.165, 1.54) is 6.21 Å². The fraction of sp³-hybridized carbons (Fsp3) is 0.286. The predicted molar refractivity (Wildman–Crippen MR) is 96.1 cm³/mol. The number of anilines is 1. The number of benzene rings is 1. The Labute approximate surface area is 149 Å². The topological polar surface area (TPSA) is 103 Å². The van der Waals surface area contributed by atoms with Gasteiger partial charge in [0.05, 0.1) is 15.2 Å². The second-order valence-corrected chi connectivity index (χ2v) is 7.51. The molecule has 0 saturated carbocycles. The smallest absolute Gasteiger partial charge is 0.274 e. The summed E-state index contributed by atoms with van der Waals surface area (Å²) in [4.78, 5) is 14.5. The Balaban J connectivity index is 2.15. The summed E-state index contributed by atoms with van der Waals surface area (Å²) in [5, 5.41) is 21.5. The standard InChI is InChI=1S/C14H15Br2N5O2/c1-14(2,3)11-12(23)18-13(21-19-11)20-17-6-7-4-8(15)10(22)9(16)5-7/h4-6,22H,1-3H3,(H2,18,20,21,23)/b17-6+. The zero-order valence-corrected chi connectivity index (χ0v) is 15.9. The molecule has 0 fully saturated rings. The highest BCUT2D eigenvalue weighted by molar-refractivity contribution is 9.11. The van der Waals surface area contributed by atoms with Gasteiger partial charge in [-0.3, -0.25) is 9.78 Å². The van der Waals surface area contributed by atoms with E-state index in [4.69, 9.17) is 0 Å². The van der Waals surface area contributed by atoms with Crippen molar-refractivity contribution in [1.29, 1.82) is 0 Å². The van der Waals surface area contributed by atoms with Gasteiger partial charge < -0.3 is 5.11 Å². The second kappa shape index (κ2) is 6.79. The lowest BCUT2D eigenvalue weighted by molar-refractivity contribution is 0.468. The molecule has 0 aliphatic rings. The Hall–Kier alpha value is -1.74. The van der Waals surface area contributed by atoms with Crippen LogP contribution >= 0.6 is 31.9 Å². The van der Waals surface area contributed by atoms with E-state index in [0.29, 0.717) is 14.6 Å². The molecule has 7 nitrogen and oxygen atoms in total. The van der Waals surface area contributed by atoms with Gasteiger partial charge in [0.25, 0.3) is 5.56 Å². The Kier molecular flexibility index (Phi) is 5.20. The number of hydrogen-bond donors (Lipinski definition) is 3. The van der Waals surface area contributed by atoms with Crippen molar-refractivity contribution < 1.29 is 5.11 Å². The Morgan fingerprint density at radius 2 is 1.87 bits per heavy atom. The van der Waals surface area contributed by atoms with Crippen molar-refractivity contribution in [2.45, 2.75) is 26.2 Å². The molecule has 23 heavy (non-hydrogen) atoms. The number of hydrogen-bond acceptors (Lipinski definition) is 6. The van der Waals surface area contributed by atoms with Crippen LogP contribution in [0.2, 0.25) is 0 Å². The summed E-state index contributed by atoms with van der Waals surface area (Å²) in [5.74, 6) is 0.263. The average molecular weight is 445 g/mol. The SMILES string of the molecule is CC(C)(C)c1nnc(N/N=C/c2cc(Br)c(O)c(Br)c2)[nH]c1=O. The first-order chi connectivity index (χ1) is 10.7. The molecule has 0 aliphatic carbocycles. The molecule has 1 aromatic heterocycles. The lowest BCUT2D eigenvalue weighted by Gasteiger charge is -2.15. The van der Waals surface area contributed by atoms with Crippen LogP contribution in [0.5, 0.6) is 5.75 Å². The molecular formula is C14H15Br2N5O2. The van der Waals surface area contributed by atoms with Gasteiger partial charge in [-0.2, -0.15) is 5.10 Å². The molecule has 3 N–H and O–H groups in total. The van der Waals surface area contributed by atoms with E-state index >= 15 is 0 Å². The maximum atomic E-state index is 12.0. The van der Waals surface area contributed by atoms with Crippen molar-refractivity contribution >= 4 is 44.0 Å². The molecule has 2 aromatic rings. The van der Waals surface area contributed by atoms with E-state index in [9.17, 15) is 9.90 Å². The van der Waals surface area contributed by atoms with Crippen molar-refractivity contribution in [2.75, 3.05) is 5.43 Å². The maximum Gasteiger partial charge on any atom is 0.274 e. The van der Waals surface area contributed by atoms with E-state index in [1.807, 2.05) is 20.8 Å². The van der Waals surface area contributed by atoms with Crippen LogP contribution in [0.4, 0.5) is 5.95 Å². The van der Waals surface area contributed by atoms with Crippen molar-refractivity contribution in [1.82, 2.24) is 15.2 Å². The molecule has 0 bridgehead atoms. The monoisotopic (exact) mass is 443 g/mol. The number of aromatic hydroxyl groups is 1. The van der Waals surface area contributed by atoms with E-state index < -0.39 is 0 Å². The van der Waals surface area contributed by atoms with Crippen LogP contribution in [0, 0.1) is 0 Å². The number of nitrogens with one attached hydrogen (secondary N) is 2. The van der Waals surface area contributed by atoms with Gasteiger partial charge in [0, 0.05) is 5.41 Å². The third kappa shape index (κ3) is 4.38. The van der Waals surface area contributed by atoms with Crippen molar-refractivity contribution in [3.63, 3.8) is 0 Å². The van der Waals surface area contributed by atoms with Crippen LogP contribution in [-0.4, -0.2) is 26.5 Å². The summed E-state index contributed by atoms with van der Waals surface area (Å²) in [5.41, 5.74) is 3.02. The first kappa shape index (κ1) is 17.6. The van der Waals surface area contributed by atoms with Gasteiger partial charge >= 0.3 is 0 Å². The van der Waals surface area contributed by atoms with Crippen LogP contribution in [0.25, 0.3) is 0 Å². The van der Waals surface area contributed by atoms with Gasteiger partial charge in [0.1, 0.15) is 11.4 Å². The fourth-order valence-corrected chi connectivity index (χ4v) is 2.93. The number of H-pyrrole nitrogens is 1. The molecule has 0 unspecified atom stereocenters. The highest BCUT2D eigenvalue weighted by atomic mass is 79.9. The number of rotatable bonds is 3. The van der Waals surface area contributed by atoms with Crippen molar-refractivity contribution in [3.05, 3.63) is 42.7 Å². The molecular weight excluding hydrogens is 430 g/mol. The first-order valence-corrected chi connectivity index (χ1v) is 8.21. The molecule has 1 heterocycles. The molecule has 9 heteroatoms. The van der Waals surface area contributed by atoms with Crippen LogP contribution in [0.15, 0.2) is 31.0 Å². The van der Waals surface area contributed by atoms with Crippen LogP contribution in [0.3, 0.4) is 0 Å². The zero-order chi connectivity index (χ0) is 17.2. The van der Waals surface area contributed by atoms with E-state index in [1.54, 1.807) is 12.1 Å². The third-order valence-corrected chi connectivity index (χ3v) is 4.04. The minimum absolute atomic E-state index is 0.114. The van der Waals surface area contributed by atoms with E-state index in [-0.39, 0.29) is 22.7 Å². The number of halogens is 2. The van der Waals surface area contributed by atoms with Crippen molar-refractivity contribution in [2.24, 2.45) is 5.10 Å². The largest absolute Gasteiger partial charge is 0.506 e. The molecule has 2 rings (SSSR count). The van der Waals surface area contributed by atoms with Gasteiger partial charge in [0.2, 0.25) is 5.95 Å². The molecule has 0 atom stereocenters. The molecule has 0 saturated heterocycles. The molecule has 0 amide bonds. The average Bonchev–Trinajstić information content (AvgIpc) is 2.43. The summed E-state index contributed by atoms with van der Waals surface area (Å²) in [6.45, 7) is 5.66. The van der Waals surface area contributed by atoms with E-state index in [0.717, 1.165) is 5.56 Å². The summed E-state index contributed by atoms with van der Waals surface area (Å²) < 4.78 is 1.08. The predicted octanol–water partition coefficient (Wildman–Crippen LogP) is 3.14. The van der Waals surface area contributed by atoms with E-state index in [2.05, 4.69) is 57.6 Å². The Morgan fingerprint density at radius 1 is 1.26 bits per heavy atom. The summed E-state index contributed by atoms with van der Waals surface area (Å²) in [7, 11) is 0. The number of phenolic OH excluding ortho intramolecular Hbond substituents is 1.